The van der Waals surface area contributed by atoms with E-state index in [1.54, 1.807) is 31.3 Å². The van der Waals surface area contributed by atoms with E-state index in [-0.39, 0.29) is 17.7 Å². The summed E-state index contributed by atoms with van der Waals surface area (Å²) in [5, 5.41) is 3.48. The van der Waals surface area contributed by atoms with E-state index in [0.717, 1.165) is 5.56 Å². The van der Waals surface area contributed by atoms with Crippen molar-refractivity contribution in [2.24, 2.45) is 0 Å². The van der Waals surface area contributed by atoms with E-state index in [2.05, 4.69) is 21.2 Å². The normalized spacial score (nSPS) is 12.4. The van der Waals surface area contributed by atoms with Crippen molar-refractivity contribution in [3.8, 4) is 0 Å². The van der Waals surface area contributed by atoms with Crippen LogP contribution in [0.4, 0.5) is 8.78 Å². The first-order chi connectivity index (χ1) is 9.51. The maximum Gasteiger partial charge on any atom is 0.137 e. The van der Waals surface area contributed by atoms with Gasteiger partial charge in [0.25, 0.3) is 0 Å². The van der Waals surface area contributed by atoms with Gasteiger partial charge in [-0.15, -0.1) is 0 Å². The Morgan fingerprint density at radius 1 is 1.15 bits per heavy atom. The third-order valence-corrected chi connectivity index (χ3v) is 3.98. The monoisotopic (exact) mass is 359 g/mol. The van der Waals surface area contributed by atoms with Crippen LogP contribution in [0.3, 0.4) is 0 Å². The summed E-state index contributed by atoms with van der Waals surface area (Å²) >= 11 is 8.90. The van der Waals surface area contributed by atoms with Crippen LogP contribution >= 0.6 is 27.5 Å². The van der Waals surface area contributed by atoms with Gasteiger partial charge >= 0.3 is 0 Å². The lowest BCUT2D eigenvalue weighted by molar-refractivity contribution is 0.552. The molecule has 2 rings (SSSR count). The topological polar surface area (TPSA) is 12.0 Å². The van der Waals surface area contributed by atoms with Crippen molar-refractivity contribution in [2.45, 2.75) is 12.5 Å². The number of likely N-dealkylation sites (N-methyl/N-ethyl adjacent to an activating group) is 1. The molecule has 20 heavy (non-hydrogen) atoms. The summed E-state index contributed by atoms with van der Waals surface area (Å²) in [6, 6.07) is 9.29. The van der Waals surface area contributed by atoms with E-state index in [4.69, 9.17) is 11.6 Å². The van der Waals surface area contributed by atoms with Gasteiger partial charge in [-0.3, -0.25) is 0 Å². The molecule has 0 heterocycles. The largest absolute Gasteiger partial charge is 0.313 e. The standard InChI is InChI=1S/C15H13BrClF2N/c1-20-15(10-3-5-13(18)12(16)6-10)7-9-2-4-11(17)8-14(9)19/h2-6,8,15,20H,7H2,1H3. The second-order valence-electron chi connectivity index (χ2n) is 4.45. The predicted octanol–water partition coefficient (Wildman–Crippen LogP) is 4.88. The van der Waals surface area contributed by atoms with E-state index in [9.17, 15) is 8.78 Å². The first-order valence-electron chi connectivity index (χ1n) is 6.07. The molecule has 106 valence electrons. The SMILES string of the molecule is CNC(Cc1ccc(Cl)cc1F)c1ccc(F)c(Br)c1. The average molecular weight is 361 g/mol. The lowest BCUT2D eigenvalue weighted by Gasteiger charge is -2.17. The Balaban J connectivity index is 2.26. The molecule has 5 heteroatoms. The molecule has 0 aliphatic carbocycles. The van der Waals surface area contributed by atoms with Gasteiger partial charge in [0, 0.05) is 11.1 Å². The first kappa shape index (κ1) is 15.4. The molecule has 1 N–H and O–H groups in total. The molecule has 0 bridgehead atoms. The van der Waals surface area contributed by atoms with Crippen LogP contribution in [-0.4, -0.2) is 7.05 Å². The fourth-order valence-electron chi connectivity index (χ4n) is 2.02. The van der Waals surface area contributed by atoms with Crippen LogP contribution in [0.25, 0.3) is 0 Å². The van der Waals surface area contributed by atoms with Crippen LogP contribution in [0.2, 0.25) is 5.02 Å². The van der Waals surface area contributed by atoms with Gasteiger partial charge in [0.15, 0.2) is 0 Å². The number of nitrogens with one attached hydrogen (secondary N) is 1. The molecule has 0 aromatic heterocycles. The second-order valence-corrected chi connectivity index (χ2v) is 5.75. The Labute approximate surface area is 130 Å². The van der Waals surface area contributed by atoms with E-state index in [1.807, 2.05) is 0 Å². The third kappa shape index (κ3) is 3.57. The van der Waals surface area contributed by atoms with Gasteiger partial charge in [0.05, 0.1) is 4.47 Å². The van der Waals surface area contributed by atoms with Crippen LogP contribution in [0.1, 0.15) is 17.2 Å². The molecule has 0 aliphatic heterocycles. The van der Waals surface area contributed by atoms with Gasteiger partial charge in [0.1, 0.15) is 11.6 Å². The molecule has 0 amide bonds. The summed E-state index contributed by atoms with van der Waals surface area (Å²) < 4.78 is 27.5. The minimum absolute atomic E-state index is 0.109. The van der Waals surface area contributed by atoms with Crippen LogP contribution in [0.5, 0.6) is 0 Å². The van der Waals surface area contributed by atoms with Crippen LogP contribution in [0, 0.1) is 11.6 Å². The third-order valence-electron chi connectivity index (χ3n) is 3.13. The molecule has 0 radical (unpaired) electrons. The Hall–Kier alpha value is -0.970. The smallest absolute Gasteiger partial charge is 0.137 e. The molecule has 1 unspecified atom stereocenters. The highest BCUT2D eigenvalue weighted by molar-refractivity contribution is 9.10. The van der Waals surface area contributed by atoms with E-state index in [0.29, 0.717) is 21.5 Å². The van der Waals surface area contributed by atoms with Crippen molar-refractivity contribution in [1.82, 2.24) is 5.32 Å². The van der Waals surface area contributed by atoms with Crippen LogP contribution in [-0.2, 0) is 6.42 Å². The maximum absolute atomic E-state index is 13.8. The number of benzene rings is 2. The summed E-state index contributed by atoms with van der Waals surface area (Å²) in [6.07, 6.45) is 0.456. The molecule has 0 aliphatic rings. The molecular formula is C15H13BrClF2N. The van der Waals surface area contributed by atoms with Crippen LogP contribution in [0.15, 0.2) is 40.9 Å². The zero-order valence-electron chi connectivity index (χ0n) is 10.8. The highest BCUT2D eigenvalue weighted by Crippen LogP contribution is 2.25. The second kappa shape index (κ2) is 6.66. The van der Waals surface area contributed by atoms with Crippen molar-refractivity contribution in [2.75, 3.05) is 7.05 Å². The molecule has 0 spiro atoms. The fourth-order valence-corrected chi connectivity index (χ4v) is 2.58. The Bertz CT molecular complexity index is 619. The molecular weight excluding hydrogens is 348 g/mol. The van der Waals surface area contributed by atoms with Crippen molar-refractivity contribution in [1.29, 1.82) is 0 Å². The molecule has 0 fully saturated rings. The van der Waals surface area contributed by atoms with Gasteiger partial charge < -0.3 is 5.32 Å². The van der Waals surface area contributed by atoms with Crippen molar-refractivity contribution in [3.63, 3.8) is 0 Å². The predicted molar refractivity (Wildman–Crippen MR) is 81.0 cm³/mol. The Morgan fingerprint density at radius 2 is 1.90 bits per heavy atom. The summed E-state index contributed by atoms with van der Waals surface area (Å²) in [4.78, 5) is 0. The molecule has 0 saturated heterocycles. The van der Waals surface area contributed by atoms with Crippen molar-refractivity contribution < 1.29 is 8.78 Å². The Kier molecular flexibility index (Phi) is 5.13. The molecule has 0 saturated carbocycles. The Morgan fingerprint density at radius 3 is 2.50 bits per heavy atom. The van der Waals surface area contributed by atoms with E-state index < -0.39 is 0 Å². The molecule has 2 aromatic rings. The quantitative estimate of drug-likeness (QED) is 0.819. The zero-order chi connectivity index (χ0) is 14.7. The minimum Gasteiger partial charge on any atom is -0.313 e. The average Bonchev–Trinajstić information content (AvgIpc) is 2.41. The summed E-state index contributed by atoms with van der Waals surface area (Å²) in [6.45, 7) is 0. The lowest BCUT2D eigenvalue weighted by Crippen LogP contribution is -2.19. The van der Waals surface area contributed by atoms with Crippen molar-refractivity contribution in [3.05, 3.63) is 68.7 Å². The zero-order valence-corrected chi connectivity index (χ0v) is 13.1. The van der Waals surface area contributed by atoms with Crippen molar-refractivity contribution >= 4 is 27.5 Å². The summed E-state index contributed by atoms with van der Waals surface area (Å²) in [5.41, 5.74) is 1.45. The summed E-state index contributed by atoms with van der Waals surface area (Å²) in [5.74, 6) is -0.653. The van der Waals surface area contributed by atoms with Gasteiger partial charge in [-0.2, -0.15) is 0 Å². The van der Waals surface area contributed by atoms with Gasteiger partial charge in [-0.1, -0.05) is 23.7 Å². The number of halogens is 4. The minimum atomic E-state index is -0.334. The van der Waals surface area contributed by atoms with E-state index in [1.165, 1.54) is 12.1 Å². The maximum atomic E-state index is 13.8. The number of hydrogen-bond acceptors (Lipinski definition) is 1. The van der Waals surface area contributed by atoms with E-state index >= 15 is 0 Å². The molecule has 1 atom stereocenters. The first-order valence-corrected chi connectivity index (χ1v) is 7.24. The molecule has 1 nitrogen and oxygen atoms in total. The number of rotatable bonds is 4. The summed E-state index contributed by atoms with van der Waals surface area (Å²) in [7, 11) is 1.79. The lowest BCUT2D eigenvalue weighted by atomic mass is 9.98. The highest BCUT2D eigenvalue weighted by atomic mass is 79.9. The highest BCUT2D eigenvalue weighted by Gasteiger charge is 2.14. The van der Waals surface area contributed by atoms with Gasteiger partial charge in [0.2, 0.25) is 0 Å². The van der Waals surface area contributed by atoms with Gasteiger partial charge in [-0.25, -0.2) is 8.78 Å². The van der Waals surface area contributed by atoms with Gasteiger partial charge in [-0.05, 0) is 64.8 Å². The fraction of sp³-hybridized carbons (Fsp3) is 0.200. The molecule has 2 aromatic carbocycles. The van der Waals surface area contributed by atoms with Crippen LogP contribution < -0.4 is 5.32 Å². The number of hydrogen-bond donors (Lipinski definition) is 1.